The minimum atomic E-state index is -0.298. The largest absolute Gasteiger partial charge is 0.497 e. The minimum Gasteiger partial charge on any atom is -0.497 e. The Morgan fingerprint density at radius 3 is 2.53 bits per heavy atom. The van der Waals surface area contributed by atoms with Gasteiger partial charge in [-0.3, -0.25) is 4.79 Å². The van der Waals surface area contributed by atoms with Crippen molar-refractivity contribution in [2.24, 2.45) is 11.8 Å². The molecule has 4 heterocycles. The molecule has 2 aromatic carbocycles. The number of nitrogens with zero attached hydrogens (tertiary/aromatic N) is 7. The normalized spacial score (nSPS) is 19.6. The van der Waals surface area contributed by atoms with E-state index in [4.69, 9.17) is 4.74 Å². The molecule has 0 radical (unpaired) electrons. The lowest BCUT2D eigenvalue weighted by Crippen LogP contribution is -2.34. The van der Waals surface area contributed by atoms with Gasteiger partial charge in [0.25, 0.3) is 5.91 Å². The van der Waals surface area contributed by atoms with Crippen molar-refractivity contribution in [2.45, 2.75) is 0 Å². The Balaban J connectivity index is 1.19. The Morgan fingerprint density at radius 2 is 1.79 bits per heavy atom. The summed E-state index contributed by atoms with van der Waals surface area (Å²) in [6.07, 6.45) is 4.82. The lowest BCUT2D eigenvalue weighted by molar-refractivity contribution is 0.0782. The van der Waals surface area contributed by atoms with Gasteiger partial charge in [-0.2, -0.15) is 15.0 Å². The number of hydrogen-bond acceptors (Lipinski definition) is 7. The molecular weight excluding hydrogens is 437 g/mol. The molecule has 2 fully saturated rings. The summed E-state index contributed by atoms with van der Waals surface area (Å²) in [6.45, 7) is 2.88. The molecule has 1 amide bonds. The van der Waals surface area contributed by atoms with Crippen molar-refractivity contribution in [3.05, 3.63) is 66.4 Å². The molecule has 0 aliphatic carbocycles. The van der Waals surface area contributed by atoms with E-state index in [1.54, 1.807) is 50.0 Å². The van der Waals surface area contributed by atoms with Crippen molar-refractivity contribution in [1.82, 2.24) is 29.9 Å². The average Bonchev–Trinajstić information content (AvgIpc) is 3.60. The van der Waals surface area contributed by atoms with Crippen LogP contribution in [0, 0.1) is 17.7 Å². The van der Waals surface area contributed by atoms with Crippen LogP contribution in [0.25, 0.3) is 16.6 Å². The molecule has 4 aromatic rings. The Morgan fingerprint density at radius 1 is 1.03 bits per heavy atom. The molecule has 34 heavy (non-hydrogen) atoms. The summed E-state index contributed by atoms with van der Waals surface area (Å²) in [5.74, 6) is 1.61. The van der Waals surface area contributed by atoms with E-state index in [1.165, 1.54) is 16.9 Å². The van der Waals surface area contributed by atoms with Crippen LogP contribution in [0.15, 0.2) is 55.0 Å². The molecule has 6 rings (SSSR count). The van der Waals surface area contributed by atoms with Crippen LogP contribution in [0.1, 0.15) is 10.4 Å². The van der Waals surface area contributed by atoms with Crippen LogP contribution in [0.5, 0.6) is 5.75 Å². The number of ether oxygens (including phenoxy) is 1. The van der Waals surface area contributed by atoms with Crippen LogP contribution in [0.3, 0.4) is 0 Å². The van der Waals surface area contributed by atoms with Crippen LogP contribution in [-0.2, 0) is 0 Å². The zero-order valence-electron chi connectivity index (χ0n) is 18.5. The quantitative estimate of drug-likeness (QED) is 0.463. The highest BCUT2D eigenvalue weighted by Gasteiger charge is 2.43. The van der Waals surface area contributed by atoms with Crippen LogP contribution in [-0.4, -0.2) is 69.1 Å². The number of amides is 1. The maximum absolute atomic E-state index is 13.5. The van der Waals surface area contributed by atoms with E-state index in [0.29, 0.717) is 53.3 Å². The molecule has 2 aliphatic heterocycles. The Hall–Kier alpha value is -4.08. The highest BCUT2D eigenvalue weighted by atomic mass is 19.1. The number of carbonyl (C=O) groups is 1. The third-order valence-corrected chi connectivity index (χ3v) is 6.65. The fourth-order valence-electron chi connectivity index (χ4n) is 4.96. The van der Waals surface area contributed by atoms with Gasteiger partial charge in [0, 0.05) is 55.7 Å². The van der Waals surface area contributed by atoms with Gasteiger partial charge in [-0.25, -0.2) is 14.4 Å². The zero-order chi connectivity index (χ0) is 23.2. The molecule has 0 spiro atoms. The number of halogens is 1. The van der Waals surface area contributed by atoms with E-state index >= 15 is 0 Å². The molecule has 2 atom stereocenters. The monoisotopic (exact) mass is 459 g/mol. The summed E-state index contributed by atoms with van der Waals surface area (Å²) in [5.41, 5.74) is 1.85. The molecule has 0 saturated carbocycles. The summed E-state index contributed by atoms with van der Waals surface area (Å²) in [6, 6.07) is 9.84. The summed E-state index contributed by atoms with van der Waals surface area (Å²) < 4.78 is 18.8. The number of hydrogen-bond donors (Lipinski definition) is 0. The number of rotatable bonds is 4. The first-order chi connectivity index (χ1) is 16.6. The van der Waals surface area contributed by atoms with Gasteiger partial charge in [-0.1, -0.05) is 0 Å². The predicted molar refractivity (Wildman–Crippen MR) is 123 cm³/mol. The van der Waals surface area contributed by atoms with Crippen LogP contribution < -0.4 is 9.64 Å². The van der Waals surface area contributed by atoms with Gasteiger partial charge in [-0.15, -0.1) is 0 Å². The molecule has 172 valence electrons. The van der Waals surface area contributed by atoms with E-state index in [9.17, 15) is 9.18 Å². The second-order valence-electron chi connectivity index (χ2n) is 8.71. The molecule has 0 bridgehead atoms. The summed E-state index contributed by atoms with van der Waals surface area (Å²) in [5, 5.41) is 9.08. The summed E-state index contributed by atoms with van der Waals surface area (Å²) >= 11 is 0. The summed E-state index contributed by atoms with van der Waals surface area (Å²) in [4.78, 5) is 28.1. The highest BCUT2D eigenvalue weighted by molar-refractivity contribution is 5.98. The highest BCUT2D eigenvalue weighted by Crippen LogP contribution is 2.34. The second kappa shape index (κ2) is 8.05. The first kappa shape index (κ1) is 20.5. The van der Waals surface area contributed by atoms with Gasteiger partial charge in [0.1, 0.15) is 17.3 Å². The number of aromatic nitrogens is 5. The number of benzene rings is 2. The lowest BCUT2D eigenvalue weighted by atomic mass is 10.0. The fraction of sp³-hybridized carbons (Fsp3) is 0.292. The van der Waals surface area contributed by atoms with Gasteiger partial charge >= 0.3 is 0 Å². The zero-order valence-corrected chi connectivity index (χ0v) is 18.5. The number of fused-ring (bicyclic) bond motifs is 2. The van der Waals surface area contributed by atoms with Gasteiger partial charge in [0.2, 0.25) is 5.95 Å². The maximum atomic E-state index is 13.5. The summed E-state index contributed by atoms with van der Waals surface area (Å²) in [7, 11) is 1.59. The first-order valence-corrected chi connectivity index (χ1v) is 11.1. The number of methoxy groups -OCH3 is 1. The van der Waals surface area contributed by atoms with Crippen molar-refractivity contribution in [2.75, 3.05) is 38.2 Å². The van der Waals surface area contributed by atoms with E-state index in [0.717, 1.165) is 18.6 Å². The van der Waals surface area contributed by atoms with Crippen LogP contribution in [0.4, 0.5) is 10.3 Å². The molecular formula is C24H22FN7O2. The van der Waals surface area contributed by atoms with Crippen molar-refractivity contribution in [1.29, 1.82) is 0 Å². The van der Waals surface area contributed by atoms with E-state index in [2.05, 4.69) is 25.1 Å². The van der Waals surface area contributed by atoms with Crippen LogP contribution >= 0.6 is 0 Å². The molecule has 10 heteroatoms. The Bertz CT molecular complexity index is 1360. The first-order valence-electron chi connectivity index (χ1n) is 11.1. The standard InChI is InChI=1S/C24H22FN7O2/c1-34-19-3-4-20(22(9-19)32-27-6-7-28-32)23(33)30-11-16-13-31(14-17(16)12-30)24-26-10-15-8-18(25)2-5-21(15)29-24/h2-10,16-17H,11-14H2,1H3. The van der Waals surface area contributed by atoms with Gasteiger partial charge in [0.15, 0.2) is 0 Å². The third-order valence-electron chi connectivity index (χ3n) is 6.65. The number of carbonyl (C=O) groups excluding carboxylic acids is 1. The molecule has 2 aromatic heterocycles. The average molecular weight is 459 g/mol. The lowest BCUT2D eigenvalue weighted by Gasteiger charge is -2.23. The Kier molecular flexibility index (Phi) is 4.86. The third kappa shape index (κ3) is 3.51. The Labute approximate surface area is 194 Å². The van der Waals surface area contributed by atoms with E-state index < -0.39 is 0 Å². The number of likely N-dealkylation sites (tertiary alicyclic amines) is 1. The minimum absolute atomic E-state index is 0.0418. The maximum Gasteiger partial charge on any atom is 0.256 e. The molecule has 9 nitrogen and oxygen atoms in total. The van der Waals surface area contributed by atoms with Gasteiger partial charge < -0.3 is 14.5 Å². The van der Waals surface area contributed by atoms with Crippen molar-refractivity contribution >= 4 is 22.8 Å². The SMILES string of the molecule is COc1ccc(C(=O)N2CC3CN(c4ncc5cc(F)ccc5n4)CC3C2)c(-n2nccn2)c1. The predicted octanol–water partition coefficient (Wildman–Crippen LogP) is 2.57. The van der Waals surface area contributed by atoms with E-state index in [1.807, 2.05) is 4.90 Å². The van der Waals surface area contributed by atoms with Gasteiger partial charge in [-0.05, 0) is 30.3 Å². The van der Waals surface area contributed by atoms with Crippen molar-refractivity contribution in [3.63, 3.8) is 0 Å². The van der Waals surface area contributed by atoms with Crippen molar-refractivity contribution in [3.8, 4) is 11.4 Å². The molecule has 2 unspecified atom stereocenters. The van der Waals surface area contributed by atoms with Crippen LogP contribution in [0.2, 0.25) is 0 Å². The second-order valence-corrected chi connectivity index (χ2v) is 8.71. The van der Waals surface area contributed by atoms with Gasteiger partial charge in [0.05, 0.1) is 30.6 Å². The topological polar surface area (TPSA) is 89.3 Å². The number of anilines is 1. The van der Waals surface area contributed by atoms with E-state index in [-0.39, 0.29) is 11.7 Å². The molecule has 2 aliphatic rings. The molecule has 2 saturated heterocycles. The fourth-order valence-corrected chi connectivity index (χ4v) is 4.96. The smallest absolute Gasteiger partial charge is 0.256 e. The molecule has 0 N–H and O–H groups in total. The van der Waals surface area contributed by atoms with Crippen molar-refractivity contribution < 1.29 is 13.9 Å².